The first-order chi connectivity index (χ1) is 6.97. The highest BCUT2D eigenvalue weighted by molar-refractivity contribution is 7.89. The number of hydrogen-bond donors (Lipinski definition) is 1. The maximum Gasteiger partial charge on any atom is 0.243 e. The van der Waals surface area contributed by atoms with Crippen LogP contribution in [0.25, 0.3) is 0 Å². The molecule has 1 aromatic carbocycles. The lowest BCUT2D eigenvalue weighted by atomic mass is 10.3. The van der Waals surface area contributed by atoms with E-state index in [2.05, 4.69) is 4.72 Å². The molecule has 0 saturated carbocycles. The van der Waals surface area contributed by atoms with E-state index in [0.717, 1.165) is 6.07 Å². The van der Waals surface area contributed by atoms with Gasteiger partial charge in [0.25, 0.3) is 0 Å². The van der Waals surface area contributed by atoms with Crippen molar-refractivity contribution < 1.29 is 12.8 Å². The van der Waals surface area contributed by atoms with E-state index < -0.39 is 15.8 Å². The maximum absolute atomic E-state index is 13.2. The summed E-state index contributed by atoms with van der Waals surface area (Å²) in [5.41, 5.74) is 0. The third kappa shape index (κ3) is 3.00. The lowest BCUT2D eigenvalue weighted by molar-refractivity contribution is 0.539. The second kappa shape index (κ2) is 4.72. The van der Waals surface area contributed by atoms with Gasteiger partial charge < -0.3 is 0 Å². The SMILES string of the molecule is CCC(C)NS(=O)(=O)c1ccccc1F. The van der Waals surface area contributed by atoms with Crippen LogP contribution >= 0.6 is 0 Å². The number of rotatable bonds is 4. The van der Waals surface area contributed by atoms with Crippen molar-refractivity contribution in [1.82, 2.24) is 4.72 Å². The first-order valence-corrected chi connectivity index (χ1v) is 6.22. The molecule has 1 N–H and O–H groups in total. The minimum Gasteiger partial charge on any atom is -0.208 e. The first-order valence-electron chi connectivity index (χ1n) is 4.74. The summed E-state index contributed by atoms with van der Waals surface area (Å²) in [6.45, 7) is 3.59. The molecule has 5 heteroatoms. The minimum absolute atomic E-state index is 0.199. The first kappa shape index (κ1) is 12.1. The van der Waals surface area contributed by atoms with Crippen LogP contribution in [0.1, 0.15) is 20.3 Å². The fourth-order valence-electron chi connectivity index (χ4n) is 1.07. The third-order valence-electron chi connectivity index (χ3n) is 2.09. The van der Waals surface area contributed by atoms with Gasteiger partial charge in [0.2, 0.25) is 10.0 Å². The molecule has 84 valence electrons. The molecule has 0 aliphatic heterocycles. The average molecular weight is 231 g/mol. The van der Waals surface area contributed by atoms with Crippen molar-refractivity contribution in [2.45, 2.75) is 31.2 Å². The Morgan fingerprint density at radius 1 is 1.40 bits per heavy atom. The second-order valence-electron chi connectivity index (χ2n) is 3.36. The summed E-state index contributed by atoms with van der Waals surface area (Å²) in [5, 5.41) is 0. The van der Waals surface area contributed by atoms with Gasteiger partial charge in [-0.05, 0) is 25.5 Å². The normalized spacial score (nSPS) is 13.8. The predicted molar refractivity (Wildman–Crippen MR) is 56.5 cm³/mol. The molecule has 1 rings (SSSR count). The fraction of sp³-hybridized carbons (Fsp3) is 0.400. The number of nitrogens with one attached hydrogen (secondary N) is 1. The maximum atomic E-state index is 13.2. The molecule has 1 atom stereocenters. The van der Waals surface area contributed by atoms with Gasteiger partial charge in [-0.3, -0.25) is 0 Å². The summed E-state index contributed by atoms with van der Waals surface area (Å²) in [4.78, 5) is -0.301. The highest BCUT2D eigenvalue weighted by atomic mass is 32.2. The number of sulfonamides is 1. The van der Waals surface area contributed by atoms with E-state index in [1.165, 1.54) is 18.2 Å². The topological polar surface area (TPSA) is 46.2 Å². The van der Waals surface area contributed by atoms with Gasteiger partial charge in [-0.2, -0.15) is 0 Å². The molecule has 15 heavy (non-hydrogen) atoms. The molecule has 0 bridgehead atoms. The molecule has 0 aliphatic carbocycles. The largest absolute Gasteiger partial charge is 0.243 e. The molecular formula is C10H14FNO2S. The Morgan fingerprint density at radius 3 is 2.53 bits per heavy atom. The van der Waals surface area contributed by atoms with Crippen LogP contribution in [-0.2, 0) is 10.0 Å². The molecular weight excluding hydrogens is 217 g/mol. The Bertz CT molecular complexity index is 431. The molecule has 0 spiro atoms. The van der Waals surface area contributed by atoms with Crippen molar-refractivity contribution in [2.24, 2.45) is 0 Å². The summed E-state index contributed by atoms with van der Waals surface area (Å²) >= 11 is 0. The van der Waals surface area contributed by atoms with E-state index in [1.807, 2.05) is 6.92 Å². The zero-order valence-electron chi connectivity index (χ0n) is 8.70. The van der Waals surface area contributed by atoms with Crippen LogP contribution in [0.2, 0.25) is 0 Å². The van der Waals surface area contributed by atoms with E-state index in [0.29, 0.717) is 6.42 Å². The molecule has 3 nitrogen and oxygen atoms in total. The molecule has 0 radical (unpaired) electrons. The number of hydrogen-bond acceptors (Lipinski definition) is 2. The van der Waals surface area contributed by atoms with Crippen molar-refractivity contribution in [3.63, 3.8) is 0 Å². The van der Waals surface area contributed by atoms with Crippen LogP contribution < -0.4 is 4.72 Å². The van der Waals surface area contributed by atoms with Crippen molar-refractivity contribution in [3.05, 3.63) is 30.1 Å². The summed E-state index contributed by atoms with van der Waals surface area (Å²) in [5.74, 6) is -0.728. The van der Waals surface area contributed by atoms with E-state index in [9.17, 15) is 12.8 Å². The molecule has 0 amide bonds. The van der Waals surface area contributed by atoms with Gasteiger partial charge in [0.1, 0.15) is 10.7 Å². The lowest BCUT2D eigenvalue weighted by Gasteiger charge is -2.12. The van der Waals surface area contributed by atoms with E-state index in [4.69, 9.17) is 0 Å². The monoisotopic (exact) mass is 231 g/mol. The standard InChI is InChI=1S/C10H14FNO2S/c1-3-8(2)12-15(13,14)10-7-5-4-6-9(10)11/h4-8,12H,3H2,1-2H3. The highest BCUT2D eigenvalue weighted by Crippen LogP contribution is 2.13. The van der Waals surface area contributed by atoms with E-state index in [-0.39, 0.29) is 10.9 Å². The van der Waals surface area contributed by atoms with Crippen molar-refractivity contribution in [1.29, 1.82) is 0 Å². The van der Waals surface area contributed by atoms with Gasteiger partial charge in [-0.15, -0.1) is 0 Å². The quantitative estimate of drug-likeness (QED) is 0.860. The summed E-state index contributed by atoms with van der Waals surface area (Å²) < 4.78 is 39.0. The van der Waals surface area contributed by atoms with E-state index >= 15 is 0 Å². The number of halogens is 1. The summed E-state index contributed by atoms with van der Waals surface area (Å²) in [7, 11) is -3.73. The van der Waals surface area contributed by atoms with Crippen LogP contribution in [0.3, 0.4) is 0 Å². The van der Waals surface area contributed by atoms with Gasteiger partial charge >= 0.3 is 0 Å². The van der Waals surface area contributed by atoms with Gasteiger partial charge in [0.05, 0.1) is 0 Å². The minimum atomic E-state index is -3.73. The second-order valence-corrected chi connectivity index (χ2v) is 5.04. The molecule has 1 unspecified atom stereocenters. The van der Waals surface area contributed by atoms with Crippen LogP contribution in [0.5, 0.6) is 0 Å². The summed E-state index contributed by atoms with van der Waals surface area (Å²) in [6, 6.07) is 5.13. The van der Waals surface area contributed by atoms with Crippen LogP contribution in [-0.4, -0.2) is 14.5 Å². The van der Waals surface area contributed by atoms with Crippen molar-refractivity contribution in [3.8, 4) is 0 Å². The highest BCUT2D eigenvalue weighted by Gasteiger charge is 2.19. The lowest BCUT2D eigenvalue weighted by Crippen LogP contribution is -2.32. The fourth-order valence-corrected chi connectivity index (χ4v) is 2.48. The van der Waals surface area contributed by atoms with Gasteiger partial charge in [0, 0.05) is 6.04 Å². The van der Waals surface area contributed by atoms with Crippen LogP contribution in [0.15, 0.2) is 29.2 Å². The Balaban J connectivity index is 3.02. The number of benzene rings is 1. The van der Waals surface area contributed by atoms with Gasteiger partial charge in [-0.25, -0.2) is 17.5 Å². The molecule has 0 fully saturated rings. The van der Waals surface area contributed by atoms with Gasteiger partial charge in [0.15, 0.2) is 0 Å². The Kier molecular flexibility index (Phi) is 3.82. The van der Waals surface area contributed by atoms with Crippen molar-refractivity contribution in [2.75, 3.05) is 0 Å². The van der Waals surface area contributed by atoms with Crippen molar-refractivity contribution >= 4 is 10.0 Å². The third-order valence-corrected chi connectivity index (χ3v) is 3.72. The Morgan fingerprint density at radius 2 is 2.00 bits per heavy atom. The van der Waals surface area contributed by atoms with Gasteiger partial charge in [-0.1, -0.05) is 19.1 Å². The zero-order valence-corrected chi connectivity index (χ0v) is 9.51. The van der Waals surface area contributed by atoms with Crippen LogP contribution in [0.4, 0.5) is 4.39 Å². The zero-order chi connectivity index (χ0) is 11.5. The molecule has 0 saturated heterocycles. The average Bonchev–Trinajstić information content (AvgIpc) is 2.17. The molecule has 1 aromatic rings. The smallest absolute Gasteiger partial charge is 0.208 e. The molecule has 0 aliphatic rings. The van der Waals surface area contributed by atoms with Crippen LogP contribution in [0, 0.1) is 5.82 Å². The molecule has 0 aromatic heterocycles. The molecule has 0 heterocycles. The summed E-state index contributed by atoms with van der Waals surface area (Å²) in [6.07, 6.45) is 0.660. The Hall–Kier alpha value is -0.940. The van der Waals surface area contributed by atoms with E-state index in [1.54, 1.807) is 6.92 Å². The predicted octanol–water partition coefficient (Wildman–Crippen LogP) is 1.90. The Labute approximate surface area is 89.4 Å².